The van der Waals surface area contributed by atoms with Crippen LogP contribution in [-0.4, -0.2) is 30.3 Å². The van der Waals surface area contributed by atoms with Gasteiger partial charge in [-0.2, -0.15) is 13.2 Å². The van der Waals surface area contributed by atoms with Crippen LogP contribution in [0.25, 0.3) is 0 Å². The van der Waals surface area contributed by atoms with E-state index in [1.165, 1.54) is 6.07 Å². The highest BCUT2D eigenvalue weighted by atomic mass is 19.4. The Morgan fingerprint density at radius 1 is 1.33 bits per heavy atom. The predicted octanol–water partition coefficient (Wildman–Crippen LogP) is 2.93. The fourth-order valence-corrected chi connectivity index (χ4v) is 1.85. The van der Waals surface area contributed by atoms with E-state index in [4.69, 9.17) is 14.6 Å². The number of alkyl halides is 3. The Balaban J connectivity index is 0.000000491. The van der Waals surface area contributed by atoms with Crippen molar-refractivity contribution in [3.63, 3.8) is 0 Å². The number of hydrogen-bond acceptors (Lipinski definition) is 3. The largest absolute Gasteiger partial charge is 0.490 e. The second kappa shape index (κ2) is 7.87. The lowest BCUT2D eigenvalue weighted by molar-refractivity contribution is -0.138. The zero-order chi connectivity index (χ0) is 15.9. The van der Waals surface area contributed by atoms with E-state index in [2.05, 4.69) is 5.32 Å². The van der Waals surface area contributed by atoms with Crippen LogP contribution in [0.15, 0.2) is 24.3 Å². The van der Waals surface area contributed by atoms with Gasteiger partial charge in [0, 0.05) is 6.92 Å². The molecule has 21 heavy (non-hydrogen) atoms. The van der Waals surface area contributed by atoms with Gasteiger partial charge in [-0.15, -0.1) is 0 Å². The first-order valence-electron chi connectivity index (χ1n) is 6.53. The molecule has 0 aromatic heterocycles. The Morgan fingerprint density at radius 2 is 1.90 bits per heavy atom. The quantitative estimate of drug-likeness (QED) is 0.882. The lowest BCUT2D eigenvalue weighted by Crippen LogP contribution is -2.34. The van der Waals surface area contributed by atoms with E-state index in [0.29, 0.717) is 5.75 Å². The number of nitrogens with one attached hydrogen (secondary N) is 1. The number of carboxylic acid groups (broad SMARTS) is 1. The van der Waals surface area contributed by atoms with Crippen LogP contribution in [0.1, 0.15) is 25.3 Å². The minimum atomic E-state index is -4.31. The van der Waals surface area contributed by atoms with Crippen molar-refractivity contribution in [3.8, 4) is 5.75 Å². The summed E-state index contributed by atoms with van der Waals surface area (Å²) in [4.78, 5) is 9.00. The summed E-state index contributed by atoms with van der Waals surface area (Å²) in [6.45, 7) is 2.78. The van der Waals surface area contributed by atoms with Gasteiger partial charge >= 0.3 is 6.18 Å². The van der Waals surface area contributed by atoms with Crippen LogP contribution in [0.2, 0.25) is 0 Å². The molecule has 1 fully saturated rings. The Hall–Kier alpha value is -1.76. The number of halogens is 3. The maximum absolute atomic E-state index is 12.5. The van der Waals surface area contributed by atoms with E-state index in [-0.39, 0.29) is 6.10 Å². The molecule has 2 rings (SSSR count). The number of ether oxygens (including phenoxy) is 1. The molecule has 1 aromatic rings. The van der Waals surface area contributed by atoms with E-state index in [1.807, 2.05) is 0 Å². The molecule has 0 bridgehead atoms. The minimum Gasteiger partial charge on any atom is -0.490 e. The third-order valence-electron chi connectivity index (χ3n) is 2.75. The standard InChI is InChI=1S/C12H14F3NO.C2H4O2/c13-12(14,15)9-2-1-3-11(8-9)17-10-4-6-16-7-5-10;1-2(3)4/h1-3,8,10,16H,4-7H2;1H3,(H,3,4). The van der Waals surface area contributed by atoms with Crippen molar-refractivity contribution in [2.45, 2.75) is 32.0 Å². The Morgan fingerprint density at radius 3 is 2.43 bits per heavy atom. The van der Waals surface area contributed by atoms with Crippen molar-refractivity contribution in [2.75, 3.05) is 13.1 Å². The zero-order valence-corrected chi connectivity index (χ0v) is 11.6. The van der Waals surface area contributed by atoms with Gasteiger partial charge in [-0.25, -0.2) is 0 Å². The van der Waals surface area contributed by atoms with Crippen molar-refractivity contribution >= 4 is 5.97 Å². The van der Waals surface area contributed by atoms with Crippen molar-refractivity contribution in [2.24, 2.45) is 0 Å². The highest BCUT2D eigenvalue weighted by Crippen LogP contribution is 2.31. The van der Waals surface area contributed by atoms with Gasteiger partial charge < -0.3 is 15.2 Å². The summed E-state index contributed by atoms with van der Waals surface area (Å²) >= 11 is 0. The van der Waals surface area contributed by atoms with Crippen LogP contribution >= 0.6 is 0 Å². The summed E-state index contributed by atoms with van der Waals surface area (Å²) < 4.78 is 43.0. The number of piperidine rings is 1. The van der Waals surface area contributed by atoms with Crippen LogP contribution in [0, 0.1) is 0 Å². The van der Waals surface area contributed by atoms with E-state index in [0.717, 1.165) is 45.0 Å². The van der Waals surface area contributed by atoms with Crippen molar-refractivity contribution < 1.29 is 27.8 Å². The second-order valence-electron chi connectivity index (χ2n) is 4.61. The van der Waals surface area contributed by atoms with Crippen molar-refractivity contribution in [1.29, 1.82) is 0 Å². The maximum atomic E-state index is 12.5. The molecule has 118 valence electrons. The van der Waals surface area contributed by atoms with Gasteiger partial charge in [0.2, 0.25) is 0 Å². The molecule has 1 aliphatic rings. The molecule has 0 spiro atoms. The van der Waals surface area contributed by atoms with Crippen LogP contribution in [0.4, 0.5) is 13.2 Å². The SMILES string of the molecule is CC(=O)O.FC(F)(F)c1cccc(OC2CCNCC2)c1. The van der Waals surface area contributed by atoms with Gasteiger partial charge in [0.1, 0.15) is 11.9 Å². The highest BCUT2D eigenvalue weighted by molar-refractivity contribution is 5.62. The first-order chi connectivity index (χ1) is 9.79. The molecule has 4 nitrogen and oxygen atoms in total. The molecule has 1 aromatic carbocycles. The summed E-state index contributed by atoms with van der Waals surface area (Å²) in [5, 5.41) is 10.6. The fourth-order valence-electron chi connectivity index (χ4n) is 1.85. The molecular weight excluding hydrogens is 287 g/mol. The summed E-state index contributed by atoms with van der Waals surface area (Å²) in [5.41, 5.74) is -0.663. The first kappa shape index (κ1) is 17.3. The zero-order valence-electron chi connectivity index (χ0n) is 11.6. The Kier molecular flexibility index (Phi) is 6.48. The van der Waals surface area contributed by atoms with E-state index >= 15 is 0 Å². The van der Waals surface area contributed by atoms with E-state index in [9.17, 15) is 13.2 Å². The van der Waals surface area contributed by atoms with E-state index in [1.54, 1.807) is 6.07 Å². The van der Waals surface area contributed by atoms with E-state index < -0.39 is 17.7 Å². The monoisotopic (exact) mass is 305 g/mol. The lowest BCUT2D eigenvalue weighted by atomic mass is 10.1. The molecule has 0 unspecified atom stereocenters. The Bertz CT molecular complexity index is 453. The molecule has 1 saturated heterocycles. The highest BCUT2D eigenvalue weighted by Gasteiger charge is 2.30. The smallest absolute Gasteiger partial charge is 0.416 e. The molecule has 0 aliphatic carbocycles. The van der Waals surface area contributed by atoms with Crippen LogP contribution in [-0.2, 0) is 11.0 Å². The summed E-state index contributed by atoms with van der Waals surface area (Å²) in [6, 6.07) is 5.05. The first-order valence-corrected chi connectivity index (χ1v) is 6.53. The molecule has 1 aliphatic heterocycles. The number of hydrogen-bond donors (Lipinski definition) is 2. The normalized spacial score (nSPS) is 15.8. The average molecular weight is 305 g/mol. The van der Waals surface area contributed by atoms with Gasteiger partial charge in [-0.3, -0.25) is 4.79 Å². The van der Waals surface area contributed by atoms with Gasteiger partial charge in [-0.1, -0.05) is 6.07 Å². The van der Waals surface area contributed by atoms with Gasteiger partial charge in [0.05, 0.1) is 5.56 Å². The third kappa shape index (κ3) is 6.99. The molecule has 1 heterocycles. The number of rotatable bonds is 2. The molecule has 2 N–H and O–H groups in total. The van der Waals surface area contributed by atoms with Gasteiger partial charge in [-0.05, 0) is 44.1 Å². The number of carbonyl (C=O) groups is 1. The molecule has 0 atom stereocenters. The summed E-state index contributed by atoms with van der Waals surface area (Å²) in [5.74, 6) is -0.535. The van der Waals surface area contributed by atoms with Gasteiger partial charge in [0.15, 0.2) is 0 Å². The fraction of sp³-hybridized carbons (Fsp3) is 0.500. The average Bonchev–Trinajstić information content (AvgIpc) is 2.38. The van der Waals surface area contributed by atoms with Gasteiger partial charge in [0.25, 0.3) is 5.97 Å². The molecule has 0 radical (unpaired) electrons. The number of aliphatic carboxylic acids is 1. The van der Waals surface area contributed by atoms with Crippen LogP contribution < -0.4 is 10.1 Å². The lowest BCUT2D eigenvalue weighted by Gasteiger charge is -2.24. The molecule has 7 heteroatoms. The topological polar surface area (TPSA) is 58.6 Å². The number of carboxylic acids is 1. The number of benzene rings is 1. The molecule has 0 amide bonds. The summed E-state index contributed by atoms with van der Waals surface area (Å²) in [7, 11) is 0. The third-order valence-corrected chi connectivity index (χ3v) is 2.75. The predicted molar refractivity (Wildman–Crippen MR) is 71.3 cm³/mol. The van der Waals surface area contributed by atoms with Crippen molar-refractivity contribution in [3.05, 3.63) is 29.8 Å². The minimum absolute atomic E-state index is 0.0136. The van der Waals surface area contributed by atoms with Crippen molar-refractivity contribution in [1.82, 2.24) is 5.32 Å². The maximum Gasteiger partial charge on any atom is 0.416 e. The van der Waals surface area contributed by atoms with Crippen LogP contribution in [0.5, 0.6) is 5.75 Å². The Labute approximate surface area is 120 Å². The summed E-state index contributed by atoms with van der Waals surface area (Å²) in [6.07, 6.45) is -2.64. The second-order valence-corrected chi connectivity index (χ2v) is 4.61. The molecular formula is C14H18F3NO3. The molecule has 0 saturated carbocycles. The van der Waals surface area contributed by atoms with Crippen LogP contribution in [0.3, 0.4) is 0 Å².